The predicted octanol–water partition coefficient (Wildman–Crippen LogP) is -0.0649. The third-order valence-corrected chi connectivity index (χ3v) is 5.63. The SMILES string of the molecule is CC(C)N1C(=O)CC(NCC(C)(C)S(C)(=O)=O)C1=O. The zero-order valence-electron chi connectivity index (χ0n) is 12.1. The Morgan fingerprint density at radius 2 is 1.89 bits per heavy atom. The number of amides is 2. The van der Waals surface area contributed by atoms with Crippen molar-refractivity contribution in [3.05, 3.63) is 0 Å². The molecular weight excluding hydrogens is 268 g/mol. The van der Waals surface area contributed by atoms with Gasteiger partial charge in [-0.05, 0) is 27.7 Å². The van der Waals surface area contributed by atoms with E-state index in [1.54, 1.807) is 27.7 Å². The molecule has 1 aliphatic heterocycles. The molecule has 6 nitrogen and oxygen atoms in total. The zero-order chi connectivity index (χ0) is 15.0. The molecule has 110 valence electrons. The van der Waals surface area contributed by atoms with Crippen molar-refractivity contribution < 1.29 is 18.0 Å². The van der Waals surface area contributed by atoms with Crippen LogP contribution in [0.25, 0.3) is 0 Å². The summed E-state index contributed by atoms with van der Waals surface area (Å²) in [7, 11) is -3.23. The van der Waals surface area contributed by atoms with E-state index in [0.717, 1.165) is 6.26 Å². The van der Waals surface area contributed by atoms with Crippen LogP contribution >= 0.6 is 0 Å². The van der Waals surface area contributed by atoms with Crippen LogP contribution in [-0.2, 0) is 19.4 Å². The van der Waals surface area contributed by atoms with Gasteiger partial charge in [0.25, 0.3) is 0 Å². The van der Waals surface area contributed by atoms with Gasteiger partial charge < -0.3 is 5.32 Å². The van der Waals surface area contributed by atoms with Crippen LogP contribution < -0.4 is 5.32 Å². The Hall–Kier alpha value is -0.950. The minimum atomic E-state index is -3.23. The number of likely N-dealkylation sites (tertiary alicyclic amines) is 1. The molecule has 0 aromatic rings. The van der Waals surface area contributed by atoms with Crippen molar-refractivity contribution >= 4 is 21.7 Å². The van der Waals surface area contributed by atoms with Crippen LogP contribution in [0.3, 0.4) is 0 Å². The first-order valence-electron chi connectivity index (χ1n) is 6.26. The van der Waals surface area contributed by atoms with Gasteiger partial charge in [-0.2, -0.15) is 0 Å². The second kappa shape index (κ2) is 5.20. The molecule has 1 saturated heterocycles. The van der Waals surface area contributed by atoms with Gasteiger partial charge in [0.2, 0.25) is 11.8 Å². The molecule has 0 radical (unpaired) electrons. The monoisotopic (exact) mass is 290 g/mol. The Morgan fingerprint density at radius 3 is 2.26 bits per heavy atom. The molecule has 1 rings (SSSR count). The van der Waals surface area contributed by atoms with E-state index in [4.69, 9.17) is 0 Å². The van der Waals surface area contributed by atoms with Gasteiger partial charge in [0, 0.05) is 18.8 Å². The molecule has 1 heterocycles. The van der Waals surface area contributed by atoms with Crippen LogP contribution in [-0.4, -0.2) is 54.8 Å². The third-order valence-electron chi connectivity index (χ3n) is 3.48. The number of hydrogen-bond acceptors (Lipinski definition) is 5. The molecule has 0 spiro atoms. The number of hydrogen-bond donors (Lipinski definition) is 1. The molecule has 0 saturated carbocycles. The van der Waals surface area contributed by atoms with Crippen LogP contribution in [0.4, 0.5) is 0 Å². The highest BCUT2D eigenvalue weighted by molar-refractivity contribution is 7.92. The van der Waals surface area contributed by atoms with Gasteiger partial charge in [-0.1, -0.05) is 0 Å². The summed E-state index contributed by atoms with van der Waals surface area (Å²) in [5, 5.41) is 2.90. The minimum Gasteiger partial charge on any atom is -0.304 e. The molecule has 0 aliphatic carbocycles. The van der Waals surface area contributed by atoms with Crippen molar-refractivity contribution in [1.82, 2.24) is 10.2 Å². The highest BCUT2D eigenvalue weighted by atomic mass is 32.2. The maximum absolute atomic E-state index is 12.0. The minimum absolute atomic E-state index is 0.0941. The normalized spacial score (nSPS) is 21.6. The number of sulfone groups is 1. The van der Waals surface area contributed by atoms with Crippen molar-refractivity contribution in [2.75, 3.05) is 12.8 Å². The van der Waals surface area contributed by atoms with E-state index >= 15 is 0 Å². The third kappa shape index (κ3) is 3.33. The Labute approximate surface area is 114 Å². The summed E-state index contributed by atoms with van der Waals surface area (Å²) in [4.78, 5) is 24.9. The number of nitrogens with one attached hydrogen (secondary N) is 1. The summed E-state index contributed by atoms with van der Waals surface area (Å²) in [6.45, 7) is 6.88. The van der Waals surface area contributed by atoms with Gasteiger partial charge in [0.05, 0.1) is 17.2 Å². The summed E-state index contributed by atoms with van der Waals surface area (Å²) < 4.78 is 22.2. The van der Waals surface area contributed by atoms with E-state index in [-0.39, 0.29) is 30.8 Å². The fourth-order valence-corrected chi connectivity index (χ4v) is 2.20. The van der Waals surface area contributed by atoms with Crippen molar-refractivity contribution in [3.8, 4) is 0 Å². The lowest BCUT2D eigenvalue weighted by Gasteiger charge is -2.25. The van der Waals surface area contributed by atoms with Crippen molar-refractivity contribution in [1.29, 1.82) is 0 Å². The summed E-state index contributed by atoms with van der Waals surface area (Å²) in [5.74, 6) is -0.487. The van der Waals surface area contributed by atoms with E-state index < -0.39 is 20.6 Å². The number of rotatable bonds is 5. The van der Waals surface area contributed by atoms with Crippen LogP contribution in [0, 0.1) is 0 Å². The molecule has 7 heteroatoms. The second-order valence-electron chi connectivity index (χ2n) is 5.87. The Morgan fingerprint density at radius 1 is 1.37 bits per heavy atom. The molecular formula is C12H22N2O4S. The number of carbonyl (C=O) groups excluding carboxylic acids is 2. The first-order valence-corrected chi connectivity index (χ1v) is 8.15. The quantitative estimate of drug-likeness (QED) is 0.717. The van der Waals surface area contributed by atoms with Gasteiger partial charge >= 0.3 is 0 Å². The average Bonchev–Trinajstić information content (AvgIpc) is 2.49. The molecule has 2 amide bonds. The highest BCUT2D eigenvalue weighted by Crippen LogP contribution is 2.18. The smallest absolute Gasteiger partial charge is 0.247 e. The molecule has 1 aliphatic rings. The Bertz CT molecular complexity index is 482. The maximum atomic E-state index is 12.0. The first kappa shape index (κ1) is 16.1. The van der Waals surface area contributed by atoms with Gasteiger partial charge in [0.1, 0.15) is 0 Å². The molecule has 1 fully saturated rings. The van der Waals surface area contributed by atoms with Crippen LogP contribution in [0.5, 0.6) is 0 Å². The van der Waals surface area contributed by atoms with Gasteiger partial charge in [-0.15, -0.1) is 0 Å². The summed E-state index contributed by atoms with van der Waals surface area (Å²) in [5.41, 5.74) is 0. The van der Waals surface area contributed by atoms with Crippen LogP contribution in [0.2, 0.25) is 0 Å². The molecule has 0 bridgehead atoms. The Balaban J connectivity index is 2.72. The molecule has 1 unspecified atom stereocenters. The molecule has 0 aromatic heterocycles. The Kier molecular flexibility index (Phi) is 4.41. The largest absolute Gasteiger partial charge is 0.304 e. The topological polar surface area (TPSA) is 83.6 Å². The van der Waals surface area contributed by atoms with Crippen LogP contribution in [0.1, 0.15) is 34.1 Å². The van der Waals surface area contributed by atoms with Gasteiger partial charge in [0.15, 0.2) is 9.84 Å². The highest BCUT2D eigenvalue weighted by Gasteiger charge is 2.41. The lowest BCUT2D eigenvalue weighted by atomic mass is 10.1. The molecule has 0 aromatic carbocycles. The zero-order valence-corrected chi connectivity index (χ0v) is 12.9. The maximum Gasteiger partial charge on any atom is 0.247 e. The predicted molar refractivity (Wildman–Crippen MR) is 72.3 cm³/mol. The molecule has 1 N–H and O–H groups in total. The average molecular weight is 290 g/mol. The number of imide groups is 1. The van der Waals surface area contributed by atoms with Crippen LogP contribution in [0.15, 0.2) is 0 Å². The van der Waals surface area contributed by atoms with E-state index in [9.17, 15) is 18.0 Å². The van der Waals surface area contributed by atoms with Gasteiger partial charge in [-0.25, -0.2) is 8.42 Å². The van der Waals surface area contributed by atoms with E-state index in [1.807, 2.05) is 0 Å². The number of carbonyl (C=O) groups is 2. The summed E-state index contributed by atoms with van der Waals surface area (Å²) >= 11 is 0. The fraction of sp³-hybridized carbons (Fsp3) is 0.833. The molecule has 19 heavy (non-hydrogen) atoms. The van der Waals surface area contributed by atoms with Crippen molar-refractivity contribution in [3.63, 3.8) is 0 Å². The number of nitrogens with zero attached hydrogens (tertiary/aromatic N) is 1. The first-order chi connectivity index (χ1) is 8.47. The lowest BCUT2D eigenvalue weighted by Crippen LogP contribution is -2.48. The standard InChI is InChI=1S/C12H22N2O4S/c1-8(2)14-10(15)6-9(11(14)16)13-7-12(3,4)19(5,17)18/h8-9,13H,6-7H2,1-5H3. The van der Waals surface area contributed by atoms with Crippen molar-refractivity contribution in [2.45, 2.75) is 50.9 Å². The molecule has 1 atom stereocenters. The van der Waals surface area contributed by atoms with E-state index in [1.165, 1.54) is 4.90 Å². The lowest BCUT2D eigenvalue weighted by molar-refractivity contribution is -0.140. The summed E-state index contributed by atoms with van der Waals surface area (Å²) in [6.07, 6.45) is 1.26. The van der Waals surface area contributed by atoms with E-state index in [2.05, 4.69) is 5.32 Å². The van der Waals surface area contributed by atoms with Crippen molar-refractivity contribution in [2.24, 2.45) is 0 Å². The summed E-state index contributed by atoms with van der Waals surface area (Å²) in [6, 6.07) is -0.786. The van der Waals surface area contributed by atoms with Gasteiger partial charge in [-0.3, -0.25) is 14.5 Å². The fourth-order valence-electron chi connectivity index (χ4n) is 1.85. The van der Waals surface area contributed by atoms with E-state index in [0.29, 0.717) is 0 Å². The second-order valence-corrected chi connectivity index (χ2v) is 8.51.